The van der Waals surface area contributed by atoms with Gasteiger partial charge in [-0.2, -0.15) is 24.9 Å². The molecule has 0 aliphatic rings. The Labute approximate surface area is 102 Å². The number of halogens is 3. The summed E-state index contributed by atoms with van der Waals surface area (Å²) in [5, 5.41) is 3.24. The number of aromatic nitrogens is 2. The molecule has 0 radical (unpaired) electrons. The lowest BCUT2D eigenvalue weighted by Crippen LogP contribution is -2.13. The molecule has 7 heteroatoms. The highest BCUT2D eigenvalue weighted by Crippen LogP contribution is 2.27. The van der Waals surface area contributed by atoms with Gasteiger partial charge >= 0.3 is 6.18 Å². The molecule has 0 aliphatic carbocycles. The second-order valence-corrected chi connectivity index (χ2v) is 4.80. The van der Waals surface area contributed by atoms with Gasteiger partial charge in [-0.1, -0.05) is 6.92 Å². The van der Waals surface area contributed by atoms with Crippen LogP contribution >= 0.6 is 11.8 Å². The monoisotopic (exact) mass is 265 g/mol. The van der Waals surface area contributed by atoms with E-state index in [1.54, 1.807) is 11.8 Å². The van der Waals surface area contributed by atoms with Crippen molar-refractivity contribution < 1.29 is 13.2 Å². The molecule has 0 amide bonds. The Morgan fingerprint density at radius 2 is 2.18 bits per heavy atom. The smallest absolute Gasteiger partial charge is 0.354 e. The highest BCUT2D eigenvalue weighted by molar-refractivity contribution is 7.99. The minimum Gasteiger partial charge on any atom is -0.354 e. The average Bonchev–Trinajstić information content (AvgIpc) is 2.28. The van der Waals surface area contributed by atoms with E-state index in [2.05, 4.69) is 22.2 Å². The summed E-state index contributed by atoms with van der Waals surface area (Å²) < 4.78 is 37.1. The van der Waals surface area contributed by atoms with Crippen molar-refractivity contribution in [3.8, 4) is 0 Å². The first-order valence-corrected chi connectivity index (χ1v) is 6.39. The van der Waals surface area contributed by atoms with Crippen LogP contribution in [0.3, 0.4) is 0 Å². The number of hydrogen-bond donors (Lipinski definition) is 1. The zero-order chi connectivity index (χ0) is 12.9. The molecule has 0 saturated heterocycles. The van der Waals surface area contributed by atoms with Gasteiger partial charge in [-0.05, 0) is 18.7 Å². The standard InChI is InChI=1S/C10H14F3N3S/c1-7(17-2)3-5-14-9-15-6-4-8(16-9)10(11,12)13/h4,6-7H,3,5H2,1-2H3,(H,14,15,16). The third-order valence-electron chi connectivity index (χ3n) is 2.18. The highest BCUT2D eigenvalue weighted by Gasteiger charge is 2.32. The molecule has 1 aromatic rings. The van der Waals surface area contributed by atoms with E-state index < -0.39 is 11.9 Å². The fourth-order valence-electron chi connectivity index (χ4n) is 1.11. The van der Waals surface area contributed by atoms with Crippen LogP contribution in [-0.2, 0) is 6.18 Å². The second-order valence-electron chi connectivity index (χ2n) is 3.53. The first kappa shape index (κ1) is 14.1. The molecule has 1 heterocycles. The van der Waals surface area contributed by atoms with Gasteiger partial charge in [0.15, 0.2) is 0 Å². The molecule has 96 valence electrons. The van der Waals surface area contributed by atoms with Gasteiger partial charge in [-0.3, -0.25) is 0 Å². The maximum absolute atomic E-state index is 12.4. The fourth-order valence-corrected chi connectivity index (χ4v) is 1.46. The van der Waals surface area contributed by atoms with E-state index >= 15 is 0 Å². The van der Waals surface area contributed by atoms with Gasteiger partial charge in [0.05, 0.1) is 0 Å². The molecule has 3 nitrogen and oxygen atoms in total. The topological polar surface area (TPSA) is 37.8 Å². The number of nitrogens with zero attached hydrogens (tertiary/aromatic N) is 2. The van der Waals surface area contributed by atoms with Crippen LogP contribution in [0.5, 0.6) is 0 Å². The Balaban J connectivity index is 2.55. The van der Waals surface area contributed by atoms with Gasteiger partial charge in [0.1, 0.15) is 5.69 Å². The number of thioether (sulfide) groups is 1. The molecule has 1 unspecified atom stereocenters. The van der Waals surface area contributed by atoms with Crippen molar-refractivity contribution in [2.45, 2.75) is 24.8 Å². The Bertz CT molecular complexity index is 357. The zero-order valence-corrected chi connectivity index (χ0v) is 10.4. The molecule has 0 saturated carbocycles. The van der Waals surface area contributed by atoms with Crippen LogP contribution in [0.2, 0.25) is 0 Å². The van der Waals surface area contributed by atoms with Gasteiger partial charge in [-0.15, -0.1) is 0 Å². The van der Waals surface area contributed by atoms with Gasteiger partial charge in [-0.25, -0.2) is 9.97 Å². The highest BCUT2D eigenvalue weighted by atomic mass is 32.2. The van der Waals surface area contributed by atoms with Crippen molar-refractivity contribution in [1.82, 2.24) is 9.97 Å². The molecule has 17 heavy (non-hydrogen) atoms. The Hall–Kier alpha value is -0.980. The lowest BCUT2D eigenvalue weighted by Gasteiger charge is -2.10. The summed E-state index contributed by atoms with van der Waals surface area (Å²) in [6.45, 7) is 2.61. The quantitative estimate of drug-likeness (QED) is 0.888. The first-order chi connectivity index (χ1) is 7.93. The summed E-state index contributed by atoms with van der Waals surface area (Å²) in [6, 6.07) is 0.857. The summed E-state index contributed by atoms with van der Waals surface area (Å²) in [4.78, 5) is 7.16. The van der Waals surface area contributed by atoms with E-state index in [0.29, 0.717) is 11.8 Å². The fraction of sp³-hybridized carbons (Fsp3) is 0.600. The lowest BCUT2D eigenvalue weighted by molar-refractivity contribution is -0.141. The Morgan fingerprint density at radius 1 is 1.47 bits per heavy atom. The molecule has 0 bridgehead atoms. The SMILES string of the molecule is CSC(C)CCNc1nccc(C(F)(F)F)n1. The van der Waals surface area contributed by atoms with E-state index in [1.807, 2.05) is 6.26 Å². The van der Waals surface area contributed by atoms with E-state index in [4.69, 9.17) is 0 Å². The summed E-state index contributed by atoms with van der Waals surface area (Å²) in [5.74, 6) is 0.0214. The number of hydrogen-bond acceptors (Lipinski definition) is 4. The third kappa shape index (κ3) is 4.80. The van der Waals surface area contributed by atoms with Crippen molar-refractivity contribution in [3.05, 3.63) is 18.0 Å². The van der Waals surface area contributed by atoms with Gasteiger partial charge in [0.2, 0.25) is 5.95 Å². The van der Waals surface area contributed by atoms with E-state index in [0.717, 1.165) is 18.7 Å². The zero-order valence-electron chi connectivity index (χ0n) is 9.58. The van der Waals surface area contributed by atoms with Gasteiger partial charge < -0.3 is 5.32 Å². The molecule has 1 aromatic heterocycles. The summed E-state index contributed by atoms with van der Waals surface area (Å²) in [5.41, 5.74) is -0.923. The van der Waals surface area contributed by atoms with Crippen LogP contribution in [0.4, 0.5) is 19.1 Å². The molecule has 0 spiro atoms. The Kier molecular flexibility index (Phi) is 5.04. The van der Waals surface area contributed by atoms with Crippen molar-refractivity contribution in [2.24, 2.45) is 0 Å². The minimum atomic E-state index is -4.42. The van der Waals surface area contributed by atoms with Crippen LogP contribution in [0.15, 0.2) is 12.3 Å². The van der Waals surface area contributed by atoms with Crippen molar-refractivity contribution in [3.63, 3.8) is 0 Å². The summed E-state index contributed by atoms with van der Waals surface area (Å²) in [7, 11) is 0. The number of nitrogens with one attached hydrogen (secondary N) is 1. The van der Waals surface area contributed by atoms with Crippen LogP contribution < -0.4 is 5.32 Å². The molecule has 0 aliphatic heterocycles. The minimum absolute atomic E-state index is 0.0214. The largest absolute Gasteiger partial charge is 0.433 e. The molecule has 1 atom stereocenters. The number of anilines is 1. The maximum atomic E-state index is 12.4. The molecule has 0 fully saturated rings. The van der Waals surface area contributed by atoms with Crippen molar-refractivity contribution >= 4 is 17.7 Å². The van der Waals surface area contributed by atoms with Crippen LogP contribution in [0.1, 0.15) is 19.0 Å². The van der Waals surface area contributed by atoms with Gasteiger partial charge in [0, 0.05) is 18.0 Å². The van der Waals surface area contributed by atoms with Crippen LogP contribution in [0.25, 0.3) is 0 Å². The normalized spacial score (nSPS) is 13.5. The number of alkyl halides is 3. The maximum Gasteiger partial charge on any atom is 0.433 e. The predicted octanol–water partition coefficient (Wildman–Crippen LogP) is 3.05. The van der Waals surface area contributed by atoms with E-state index in [9.17, 15) is 13.2 Å². The van der Waals surface area contributed by atoms with Crippen molar-refractivity contribution in [2.75, 3.05) is 18.1 Å². The predicted molar refractivity (Wildman–Crippen MR) is 63.1 cm³/mol. The molecular weight excluding hydrogens is 251 g/mol. The Morgan fingerprint density at radius 3 is 2.76 bits per heavy atom. The van der Waals surface area contributed by atoms with E-state index in [-0.39, 0.29) is 5.95 Å². The molecule has 1 rings (SSSR count). The summed E-state index contributed by atoms with van der Waals surface area (Å²) in [6.07, 6.45) is -0.478. The first-order valence-electron chi connectivity index (χ1n) is 5.10. The third-order valence-corrected chi connectivity index (χ3v) is 3.22. The van der Waals surface area contributed by atoms with Crippen LogP contribution in [0, 0.1) is 0 Å². The van der Waals surface area contributed by atoms with E-state index in [1.165, 1.54) is 0 Å². The second kappa shape index (κ2) is 6.09. The summed E-state index contributed by atoms with van der Waals surface area (Å²) >= 11 is 1.71. The average molecular weight is 265 g/mol. The lowest BCUT2D eigenvalue weighted by atomic mass is 10.3. The van der Waals surface area contributed by atoms with Crippen molar-refractivity contribution in [1.29, 1.82) is 0 Å². The molecule has 1 N–H and O–H groups in total. The number of rotatable bonds is 5. The van der Waals surface area contributed by atoms with Gasteiger partial charge in [0.25, 0.3) is 0 Å². The van der Waals surface area contributed by atoms with Crippen LogP contribution in [-0.4, -0.2) is 28.0 Å². The molecular formula is C10H14F3N3S. The molecule has 0 aromatic carbocycles.